The van der Waals surface area contributed by atoms with Gasteiger partial charge in [0.2, 0.25) is 0 Å². The lowest BCUT2D eigenvalue weighted by molar-refractivity contribution is 0.162. The number of carbonyl (C=O) groups is 1. The van der Waals surface area contributed by atoms with Crippen LogP contribution in [0.3, 0.4) is 0 Å². The second-order valence-corrected chi connectivity index (χ2v) is 6.01. The summed E-state index contributed by atoms with van der Waals surface area (Å²) in [5.41, 5.74) is 2.74. The number of urea groups is 1. The van der Waals surface area contributed by atoms with Gasteiger partial charge in [0.1, 0.15) is 5.01 Å². The Morgan fingerprint density at radius 3 is 2.68 bits per heavy atom. The van der Waals surface area contributed by atoms with E-state index in [1.807, 2.05) is 43.5 Å². The van der Waals surface area contributed by atoms with Crippen LogP contribution in [0.1, 0.15) is 25.5 Å². The first kappa shape index (κ1) is 16.5. The van der Waals surface area contributed by atoms with Gasteiger partial charge in [-0.1, -0.05) is 13.3 Å². The van der Waals surface area contributed by atoms with Crippen LogP contribution >= 0.6 is 11.3 Å². The highest BCUT2D eigenvalue weighted by molar-refractivity contribution is 7.13. The van der Waals surface area contributed by atoms with Gasteiger partial charge in [-0.2, -0.15) is 0 Å². The van der Waals surface area contributed by atoms with Crippen LogP contribution in [0, 0.1) is 6.92 Å². The Morgan fingerprint density at radius 1 is 1.36 bits per heavy atom. The summed E-state index contributed by atoms with van der Waals surface area (Å²) in [4.78, 5) is 16.2. The molecule has 2 aromatic rings. The average Bonchev–Trinajstić information content (AvgIpc) is 2.93. The summed E-state index contributed by atoms with van der Waals surface area (Å²) >= 11 is 1.60. The zero-order valence-corrected chi connectivity index (χ0v) is 13.6. The maximum atomic E-state index is 11.7. The van der Waals surface area contributed by atoms with Gasteiger partial charge >= 0.3 is 6.03 Å². The number of hydrogen-bond donors (Lipinski definition) is 3. The fourth-order valence-electron chi connectivity index (χ4n) is 2.00. The molecule has 0 aliphatic heterocycles. The van der Waals surface area contributed by atoms with Gasteiger partial charge in [-0.05, 0) is 37.6 Å². The zero-order chi connectivity index (χ0) is 15.9. The van der Waals surface area contributed by atoms with Gasteiger partial charge in [0.05, 0.1) is 6.10 Å². The molecule has 0 saturated carbocycles. The Kier molecular flexibility index (Phi) is 5.91. The molecule has 0 saturated heterocycles. The van der Waals surface area contributed by atoms with Crippen LogP contribution < -0.4 is 10.6 Å². The molecule has 1 aromatic carbocycles. The Labute approximate surface area is 134 Å². The normalized spacial score (nSPS) is 12.0. The van der Waals surface area contributed by atoms with Crippen molar-refractivity contribution in [2.75, 3.05) is 11.9 Å². The van der Waals surface area contributed by atoms with Gasteiger partial charge in [0, 0.05) is 28.9 Å². The Bertz CT molecular complexity index is 610. The van der Waals surface area contributed by atoms with Crippen LogP contribution in [0.4, 0.5) is 10.5 Å². The minimum Gasteiger partial charge on any atom is -0.391 e. The molecular formula is C16H21N3O2S. The number of nitrogens with one attached hydrogen (secondary N) is 2. The molecule has 0 fully saturated rings. The predicted molar refractivity (Wildman–Crippen MR) is 90.2 cm³/mol. The molecule has 0 bridgehead atoms. The van der Waals surface area contributed by atoms with E-state index in [0.29, 0.717) is 12.1 Å². The quantitative estimate of drug-likeness (QED) is 0.764. The molecule has 0 spiro atoms. The standard InChI is InChI=1S/C16H21N3O2S/c1-3-4-14(20)9-17-16(21)19-13-7-5-12(6-8-13)15-18-11(2)10-22-15/h5-8,10,14,20H,3-4,9H2,1-2H3,(H2,17,19,21). The number of amides is 2. The highest BCUT2D eigenvalue weighted by Crippen LogP contribution is 2.24. The van der Waals surface area contributed by atoms with Gasteiger partial charge in [-0.25, -0.2) is 9.78 Å². The van der Waals surface area contributed by atoms with Crippen molar-refractivity contribution in [3.63, 3.8) is 0 Å². The number of rotatable bonds is 6. The van der Waals surface area contributed by atoms with Crippen LogP contribution in [0.5, 0.6) is 0 Å². The minimum atomic E-state index is -0.494. The molecular weight excluding hydrogens is 298 g/mol. The summed E-state index contributed by atoms with van der Waals surface area (Å²) in [7, 11) is 0. The molecule has 3 N–H and O–H groups in total. The number of nitrogens with zero attached hydrogens (tertiary/aromatic N) is 1. The first-order valence-electron chi connectivity index (χ1n) is 7.34. The molecule has 2 amide bonds. The van der Waals surface area contributed by atoms with Crippen LogP contribution in [-0.4, -0.2) is 28.8 Å². The molecule has 5 nitrogen and oxygen atoms in total. The van der Waals surface area contributed by atoms with Crippen molar-refractivity contribution in [1.29, 1.82) is 0 Å². The topological polar surface area (TPSA) is 74.2 Å². The van der Waals surface area contributed by atoms with E-state index in [-0.39, 0.29) is 12.6 Å². The monoisotopic (exact) mass is 319 g/mol. The molecule has 1 aromatic heterocycles. The third kappa shape index (κ3) is 4.82. The third-order valence-electron chi connectivity index (χ3n) is 3.13. The molecule has 1 atom stereocenters. The minimum absolute atomic E-state index is 0.260. The van der Waals surface area contributed by atoms with E-state index < -0.39 is 6.10 Å². The average molecular weight is 319 g/mol. The second-order valence-electron chi connectivity index (χ2n) is 5.15. The van der Waals surface area contributed by atoms with Crippen molar-refractivity contribution >= 4 is 23.1 Å². The van der Waals surface area contributed by atoms with Gasteiger partial charge in [-0.15, -0.1) is 11.3 Å². The summed E-state index contributed by atoms with van der Waals surface area (Å²) < 4.78 is 0. The maximum Gasteiger partial charge on any atom is 0.319 e. The largest absolute Gasteiger partial charge is 0.391 e. The summed E-state index contributed by atoms with van der Waals surface area (Å²) in [6.45, 7) is 4.22. The number of aryl methyl sites for hydroxylation is 1. The number of anilines is 1. The number of carbonyl (C=O) groups excluding carboxylic acids is 1. The van der Waals surface area contributed by atoms with Gasteiger partial charge < -0.3 is 15.7 Å². The van der Waals surface area contributed by atoms with E-state index in [2.05, 4.69) is 15.6 Å². The maximum absolute atomic E-state index is 11.7. The van der Waals surface area contributed by atoms with E-state index >= 15 is 0 Å². The fraction of sp³-hybridized carbons (Fsp3) is 0.375. The first-order valence-corrected chi connectivity index (χ1v) is 8.22. The van der Waals surface area contributed by atoms with Crippen LogP contribution in [0.25, 0.3) is 10.6 Å². The van der Waals surface area contributed by atoms with E-state index in [4.69, 9.17) is 0 Å². The highest BCUT2D eigenvalue weighted by Gasteiger charge is 2.07. The lowest BCUT2D eigenvalue weighted by Crippen LogP contribution is -2.35. The highest BCUT2D eigenvalue weighted by atomic mass is 32.1. The Morgan fingerprint density at radius 2 is 2.09 bits per heavy atom. The lowest BCUT2D eigenvalue weighted by Gasteiger charge is -2.11. The van der Waals surface area contributed by atoms with Crippen LogP contribution in [-0.2, 0) is 0 Å². The van der Waals surface area contributed by atoms with Crippen molar-refractivity contribution < 1.29 is 9.90 Å². The molecule has 22 heavy (non-hydrogen) atoms. The molecule has 2 rings (SSSR count). The van der Waals surface area contributed by atoms with Crippen molar-refractivity contribution in [2.24, 2.45) is 0 Å². The van der Waals surface area contributed by atoms with Crippen molar-refractivity contribution in [3.05, 3.63) is 35.3 Å². The van der Waals surface area contributed by atoms with Crippen molar-refractivity contribution in [3.8, 4) is 10.6 Å². The smallest absolute Gasteiger partial charge is 0.319 e. The number of thiazole rings is 1. The molecule has 0 aliphatic rings. The number of hydrogen-bond acceptors (Lipinski definition) is 4. The first-order chi connectivity index (χ1) is 10.6. The number of aliphatic hydroxyl groups excluding tert-OH is 1. The fourth-order valence-corrected chi connectivity index (χ4v) is 2.81. The second kappa shape index (κ2) is 7.91. The number of aliphatic hydroxyl groups is 1. The third-order valence-corrected chi connectivity index (χ3v) is 4.14. The summed E-state index contributed by atoms with van der Waals surface area (Å²) in [5.74, 6) is 0. The molecule has 118 valence electrons. The van der Waals surface area contributed by atoms with Crippen molar-refractivity contribution in [2.45, 2.75) is 32.8 Å². The molecule has 6 heteroatoms. The molecule has 0 radical (unpaired) electrons. The molecule has 1 unspecified atom stereocenters. The Balaban J connectivity index is 1.87. The van der Waals surface area contributed by atoms with E-state index in [1.54, 1.807) is 11.3 Å². The van der Waals surface area contributed by atoms with E-state index in [0.717, 1.165) is 22.7 Å². The van der Waals surface area contributed by atoms with E-state index in [1.165, 1.54) is 0 Å². The van der Waals surface area contributed by atoms with Gasteiger partial charge in [-0.3, -0.25) is 0 Å². The number of benzene rings is 1. The van der Waals surface area contributed by atoms with E-state index in [9.17, 15) is 9.90 Å². The summed E-state index contributed by atoms with van der Waals surface area (Å²) in [5, 5.41) is 18.0. The van der Waals surface area contributed by atoms with Crippen LogP contribution in [0.15, 0.2) is 29.6 Å². The molecule has 0 aliphatic carbocycles. The summed E-state index contributed by atoms with van der Waals surface area (Å²) in [6.07, 6.45) is 1.08. The number of aromatic nitrogens is 1. The van der Waals surface area contributed by atoms with Crippen molar-refractivity contribution in [1.82, 2.24) is 10.3 Å². The lowest BCUT2D eigenvalue weighted by atomic mass is 10.2. The van der Waals surface area contributed by atoms with Gasteiger partial charge in [0.15, 0.2) is 0 Å². The Hall–Kier alpha value is -1.92. The molecule has 1 heterocycles. The predicted octanol–water partition coefficient (Wildman–Crippen LogP) is 3.40. The summed E-state index contributed by atoms with van der Waals surface area (Å²) in [6, 6.07) is 7.23. The van der Waals surface area contributed by atoms with Gasteiger partial charge in [0.25, 0.3) is 0 Å². The zero-order valence-electron chi connectivity index (χ0n) is 12.8. The van der Waals surface area contributed by atoms with Crippen LogP contribution in [0.2, 0.25) is 0 Å². The SMILES string of the molecule is CCCC(O)CNC(=O)Nc1ccc(-c2nc(C)cs2)cc1.